The summed E-state index contributed by atoms with van der Waals surface area (Å²) in [6.07, 6.45) is 8.83. The maximum Gasteiger partial charge on any atom is 0.0507 e. The van der Waals surface area contributed by atoms with Gasteiger partial charge in [-0.15, -0.1) is 11.8 Å². The van der Waals surface area contributed by atoms with E-state index in [1.807, 2.05) is 35.1 Å². The van der Waals surface area contributed by atoms with E-state index in [2.05, 4.69) is 0 Å². The van der Waals surface area contributed by atoms with Gasteiger partial charge in [0.25, 0.3) is 0 Å². The fourth-order valence-electron chi connectivity index (χ4n) is 1.30. The van der Waals surface area contributed by atoms with Crippen LogP contribution in [-0.4, -0.2) is 0 Å². The minimum Gasteiger partial charge on any atom is -0.103 e. The molecule has 0 nitrogen and oxygen atoms in total. The summed E-state index contributed by atoms with van der Waals surface area (Å²) in [6, 6.07) is 0. The van der Waals surface area contributed by atoms with E-state index in [0.29, 0.717) is 0 Å². The Morgan fingerprint density at radius 3 is 1.93 bits per heavy atom. The van der Waals surface area contributed by atoms with Crippen molar-refractivity contribution in [2.75, 3.05) is 0 Å². The van der Waals surface area contributed by atoms with Crippen LogP contribution >= 0.6 is 35.0 Å². The second kappa shape index (κ2) is 4.43. The molecule has 0 aromatic heterocycles. The first-order chi connectivity index (χ1) is 6.77. The van der Waals surface area contributed by atoms with Crippen LogP contribution in [0, 0.1) is 0 Å². The molecule has 0 atom stereocenters. The SMILES string of the molecule is Cl/C1=C/S/C=C(/Cl)C2=CC=CC=C1C2. The summed E-state index contributed by atoms with van der Waals surface area (Å²) >= 11 is 13.7. The van der Waals surface area contributed by atoms with Crippen molar-refractivity contribution in [1.82, 2.24) is 0 Å². The standard InChI is InChI=1S/C11H8Cl2S/c12-10-6-14-7-11(13)9-4-2-1-3-8(10)5-9/h1-4,6-7H,5H2/b10-6+,11-7+. The van der Waals surface area contributed by atoms with Gasteiger partial charge in [0.1, 0.15) is 0 Å². The topological polar surface area (TPSA) is 0 Å². The maximum absolute atomic E-state index is 6.12. The van der Waals surface area contributed by atoms with Crippen LogP contribution in [0.2, 0.25) is 0 Å². The Balaban J connectivity index is 2.48. The van der Waals surface area contributed by atoms with Gasteiger partial charge in [-0.2, -0.15) is 0 Å². The van der Waals surface area contributed by atoms with E-state index in [-0.39, 0.29) is 0 Å². The molecule has 0 N–H and O–H groups in total. The molecule has 1 aliphatic heterocycles. The molecule has 2 rings (SSSR count). The van der Waals surface area contributed by atoms with Crippen LogP contribution in [0.3, 0.4) is 0 Å². The van der Waals surface area contributed by atoms with Crippen LogP contribution in [-0.2, 0) is 0 Å². The molecule has 0 unspecified atom stereocenters. The number of thioether (sulfide) groups is 1. The van der Waals surface area contributed by atoms with Gasteiger partial charge in [-0.1, -0.05) is 47.5 Å². The fraction of sp³-hybridized carbons (Fsp3) is 0.0909. The second-order valence-corrected chi connectivity index (χ2v) is 4.57. The predicted octanol–water partition coefficient (Wildman–Crippen LogP) is 4.71. The molecule has 14 heavy (non-hydrogen) atoms. The summed E-state index contributed by atoms with van der Waals surface area (Å²) in [7, 11) is 0. The molecule has 2 aliphatic rings. The van der Waals surface area contributed by atoms with Crippen LogP contribution in [0.15, 0.2) is 56.3 Å². The number of fused-ring (bicyclic) bond motifs is 2. The van der Waals surface area contributed by atoms with Crippen molar-refractivity contribution < 1.29 is 0 Å². The molecule has 0 fully saturated rings. The number of halogens is 2. The highest BCUT2D eigenvalue weighted by molar-refractivity contribution is 8.05. The molecule has 1 heterocycles. The van der Waals surface area contributed by atoms with Gasteiger partial charge >= 0.3 is 0 Å². The van der Waals surface area contributed by atoms with Crippen molar-refractivity contribution in [2.45, 2.75) is 6.42 Å². The third kappa shape index (κ3) is 2.17. The van der Waals surface area contributed by atoms with Crippen molar-refractivity contribution in [3.8, 4) is 0 Å². The molecule has 0 amide bonds. The molecule has 72 valence electrons. The minimum atomic E-state index is 0.799. The van der Waals surface area contributed by atoms with Crippen molar-refractivity contribution in [1.29, 1.82) is 0 Å². The first kappa shape index (κ1) is 10.2. The fourth-order valence-corrected chi connectivity index (χ4v) is 2.48. The van der Waals surface area contributed by atoms with E-state index in [4.69, 9.17) is 23.2 Å². The molecular formula is C11H8Cl2S. The summed E-state index contributed by atoms with van der Waals surface area (Å²) in [5, 5.41) is 5.41. The monoisotopic (exact) mass is 242 g/mol. The van der Waals surface area contributed by atoms with E-state index in [9.17, 15) is 0 Å². The van der Waals surface area contributed by atoms with Crippen molar-refractivity contribution in [2.24, 2.45) is 0 Å². The Labute approximate surface area is 97.7 Å². The van der Waals surface area contributed by atoms with Gasteiger partial charge in [0.15, 0.2) is 0 Å². The molecular weight excluding hydrogens is 235 g/mol. The average molecular weight is 243 g/mol. The number of hydrogen-bond donors (Lipinski definition) is 0. The van der Waals surface area contributed by atoms with Crippen LogP contribution < -0.4 is 0 Å². The molecule has 3 heteroatoms. The number of allylic oxidation sites excluding steroid dienone is 8. The lowest BCUT2D eigenvalue weighted by Gasteiger charge is -2.10. The lowest BCUT2D eigenvalue weighted by Crippen LogP contribution is -1.90. The summed E-state index contributed by atoms with van der Waals surface area (Å²) in [5.74, 6) is 0. The van der Waals surface area contributed by atoms with Crippen molar-refractivity contribution in [3.63, 3.8) is 0 Å². The van der Waals surface area contributed by atoms with Crippen LogP contribution in [0.5, 0.6) is 0 Å². The van der Waals surface area contributed by atoms with Crippen LogP contribution in [0.25, 0.3) is 0 Å². The first-order valence-corrected chi connectivity index (χ1v) is 5.91. The highest BCUT2D eigenvalue weighted by atomic mass is 35.5. The Kier molecular flexibility index (Phi) is 3.22. The molecule has 0 saturated heterocycles. The van der Waals surface area contributed by atoms with Crippen LogP contribution in [0.4, 0.5) is 0 Å². The third-order valence-corrected chi connectivity index (χ3v) is 3.75. The smallest absolute Gasteiger partial charge is 0.0507 e. The van der Waals surface area contributed by atoms with Gasteiger partial charge in [0.05, 0.1) is 10.1 Å². The van der Waals surface area contributed by atoms with Crippen molar-refractivity contribution >= 4 is 35.0 Å². The minimum absolute atomic E-state index is 0.799. The largest absolute Gasteiger partial charge is 0.103 e. The van der Waals surface area contributed by atoms with Gasteiger partial charge in [-0.3, -0.25) is 0 Å². The maximum atomic E-state index is 6.12. The number of hydrogen-bond acceptors (Lipinski definition) is 1. The third-order valence-electron chi connectivity index (χ3n) is 2.04. The average Bonchev–Trinajstić information content (AvgIpc) is 2.41. The first-order valence-electron chi connectivity index (χ1n) is 4.21. The Hall–Kier alpha value is -0.370. The zero-order chi connectivity index (χ0) is 9.97. The molecule has 0 radical (unpaired) electrons. The van der Waals surface area contributed by atoms with E-state index in [1.54, 1.807) is 0 Å². The summed E-state index contributed by atoms with van der Waals surface area (Å²) in [4.78, 5) is 0. The van der Waals surface area contributed by atoms with E-state index < -0.39 is 0 Å². The molecule has 0 saturated carbocycles. The molecule has 1 aliphatic carbocycles. The van der Waals surface area contributed by atoms with Crippen molar-refractivity contribution in [3.05, 3.63) is 56.3 Å². The summed E-state index contributed by atoms with van der Waals surface area (Å²) in [6.45, 7) is 0. The lowest BCUT2D eigenvalue weighted by molar-refractivity contribution is 1.20. The molecule has 0 aromatic carbocycles. The van der Waals surface area contributed by atoms with E-state index in [0.717, 1.165) is 27.6 Å². The molecule has 0 aromatic rings. The van der Waals surface area contributed by atoms with Crippen LogP contribution in [0.1, 0.15) is 6.42 Å². The second-order valence-electron chi connectivity index (χ2n) is 3.01. The van der Waals surface area contributed by atoms with Gasteiger partial charge < -0.3 is 0 Å². The summed E-state index contributed by atoms with van der Waals surface area (Å²) in [5.41, 5.74) is 2.23. The van der Waals surface area contributed by atoms with E-state index in [1.165, 1.54) is 11.8 Å². The van der Waals surface area contributed by atoms with Gasteiger partial charge in [0.2, 0.25) is 0 Å². The predicted molar refractivity (Wildman–Crippen MR) is 65.4 cm³/mol. The Morgan fingerprint density at radius 1 is 0.929 bits per heavy atom. The van der Waals surface area contributed by atoms with Gasteiger partial charge in [-0.05, 0) is 22.0 Å². The van der Waals surface area contributed by atoms with E-state index >= 15 is 0 Å². The van der Waals surface area contributed by atoms with Gasteiger partial charge in [-0.25, -0.2) is 0 Å². The normalized spacial score (nSPS) is 28.4. The van der Waals surface area contributed by atoms with Gasteiger partial charge in [0, 0.05) is 6.42 Å². The Bertz CT molecular complexity index is 362. The number of rotatable bonds is 0. The quantitative estimate of drug-likeness (QED) is 0.593. The summed E-state index contributed by atoms with van der Waals surface area (Å²) < 4.78 is 0. The zero-order valence-corrected chi connectivity index (χ0v) is 9.66. The highest BCUT2D eigenvalue weighted by Gasteiger charge is 2.12. The highest BCUT2D eigenvalue weighted by Crippen LogP contribution is 2.34. The molecule has 2 bridgehead atoms. The lowest BCUT2D eigenvalue weighted by atomic mass is 10.1. The Morgan fingerprint density at radius 2 is 1.43 bits per heavy atom. The zero-order valence-electron chi connectivity index (χ0n) is 7.34. The molecule has 0 spiro atoms.